The highest BCUT2D eigenvalue weighted by Gasteiger charge is 2.16. The average Bonchev–Trinajstić information content (AvgIpc) is 2.67. The lowest BCUT2D eigenvalue weighted by Gasteiger charge is -2.14. The fourth-order valence-corrected chi connectivity index (χ4v) is 3.79. The fraction of sp³-hybridized carbons (Fsp3) is 0.360. The van der Waals surface area contributed by atoms with Crippen LogP contribution in [0.5, 0.6) is 5.75 Å². The van der Waals surface area contributed by atoms with Crippen LogP contribution in [-0.4, -0.2) is 12.6 Å². The van der Waals surface area contributed by atoms with E-state index in [9.17, 15) is 9.59 Å². The van der Waals surface area contributed by atoms with E-state index in [-0.39, 0.29) is 12.4 Å². The van der Waals surface area contributed by atoms with Crippen LogP contribution in [0.15, 0.2) is 39.5 Å². The van der Waals surface area contributed by atoms with Crippen LogP contribution in [0, 0.1) is 27.7 Å². The van der Waals surface area contributed by atoms with Gasteiger partial charge in [-0.25, -0.2) is 4.79 Å². The van der Waals surface area contributed by atoms with Gasteiger partial charge in [0.25, 0.3) is 0 Å². The summed E-state index contributed by atoms with van der Waals surface area (Å²) in [5, 5.41) is 0.852. The van der Waals surface area contributed by atoms with Gasteiger partial charge in [-0.05, 0) is 64.3 Å². The third kappa shape index (κ3) is 4.73. The Morgan fingerprint density at radius 1 is 1.00 bits per heavy atom. The maximum absolute atomic E-state index is 12.6. The Kier molecular flexibility index (Phi) is 6.60. The molecule has 30 heavy (non-hydrogen) atoms. The van der Waals surface area contributed by atoms with Crippen molar-refractivity contribution < 1.29 is 18.7 Å². The van der Waals surface area contributed by atoms with E-state index in [0.717, 1.165) is 22.1 Å². The third-order valence-electron chi connectivity index (χ3n) is 5.21. The van der Waals surface area contributed by atoms with Gasteiger partial charge < -0.3 is 13.9 Å². The van der Waals surface area contributed by atoms with E-state index >= 15 is 0 Å². The molecule has 158 valence electrons. The molecule has 0 unspecified atom stereocenters. The van der Waals surface area contributed by atoms with Gasteiger partial charge in [-0.1, -0.05) is 29.3 Å². The maximum Gasteiger partial charge on any atom is 0.339 e. The average molecular weight is 408 g/mol. The SMILES string of the molecule is CCOC(=O)CCc1c(C)c2ccc(OCc3cc(C)cc(C)c3)c(C)c2oc1=O. The number of aryl methyl sites for hydroxylation is 4. The number of esters is 1. The highest BCUT2D eigenvalue weighted by molar-refractivity contribution is 5.85. The molecule has 0 atom stereocenters. The minimum atomic E-state index is -0.418. The lowest BCUT2D eigenvalue weighted by atomic mass is 10.0. The van der Waals surface area contributed by atoms with Crippen LogP contribution in [0.1, 0.15) is 46.7 Å². The van der Waals surface area contributed by atoms with Crippen LogP contribution >= 0.6 is 0 Å². The molecule has 1 aromatic heterocycles. The number of hydrogen-bond acceptors (Lipinski definition) is 5. The molecule has 0 aliphatic rings. The van der Waals surface area contributed by atoms with E-state index in [1.165, 1.54) is 11.1 Å². The Balaban J connectivity index is 1.87. The fourth-order valence-electron chi connectivity index (χ4n) is 3.79. The number of fused-ring (bicyclic) bond motifs is 1. The van der Waals surface area contributed by atoms with Crippen LogP contribution in [0.4, 0.5) is 0 Å². The second-order valence-corrected chi connectivity index (χ2v) is 7.65. The molecule has 0 spiro atoms. The molecule has 1 heterocycles. The maximum atomic E-state index is 12.6. The van der Waals surface area contributed by atoms with E-state index < -0.39 is 5.63 Å². The highest BCUT2D eigenvalue weighted by atomic mass is 16.5. The monoisotopic (exact) mass is 408 g/mol. The molecule has 0 fully saturated rings. The van der Waals surface area contributed by atoms with Gasteiger partial charge >= 0.3 is 11.6 Å². The standard InChI is InChI=1S/C25H28O5/c1-6-28-23(26)10-8-21-17(4)20-7-9-22(18(5)24(20)30-25(21)27)29-14-19-12-15(2)11-16(3)13-19/h7,9,11-13H,6,8,10,14H2,1-5H3. The van der Waals surface area contributed by atoms with Crippen LogP contribution < -0.4 is 10.4 Å². The van der Waals surface area contributed by atoms with E-state index in [1.54, 1.807) is 6.92 Å². The molecule has 0 amide bonds. The smallest absolute Gasteiger partial charge is 0.339 e. The van der Waals surface area contributed by atoms with Crippen molar-refractivity contribution in [1.29, 1.82) is 0 Å². The topological polar surface area (TPSA) is 65.7 Å². The second kappa shape index (κ2) is 9.16. The Hall–Kier alpha value is -3.08. The Bertz CT molecular complexity index is 1120. The molecule has 5 nitrogen and oxygen atoms in total. The van der Waals surface area contributed by atoms with Crippen molar-refractivity contribution in [3.63, 3.8) is 0 Å². The highest BCUT2D eigenvalue weighted by Crippen LogP contribution is 2.30. The predicted molar refractivity (Wildman–Crippen MR) is 117 cm³/mol. The molecular formula is C25H28O5. The van der Waals surface area contributed by atoms with Gasteiger partial charge in [0, 0.05) is 22.9 Å². The summed E-state index contributed by atoms with van der Waals surface area (Å²) >= 11 is 0. The van der Waals surface area contributed by atoms with Gasteiger partial charge in [0.15, 0.2) is 0 Å². The van der Waals surface area contributed by atoms with Crippen molar-refractivity contribution in [3.05, 3.63) is 74.1 Å². The predicted octanol–water partition coefficient (Wildman–Crippen LogP) is 5.10. The van der Waals surface area contributed by atoms with Crippen LogP contribution in [-0.2, 0) is 22.6 Å². The zero-order chi connectivity index (χ0) is 21.8. The van der Waals surface area contributed by atoms with E-state index in [4.69, 9.17) is 13.9 Å². The van der Waals surface area contributed by atoms with E-state index in [2.05, 4.69) is 32.0 Å². The minimum Gasteiger partial charge on any atom is -0.488 e. The lowest BCUT2D eigenvalue weighted by Crippen LogP contribution is -2.14. The quantitative estimate of drug-likeness (QED) is 0.402. The molecule has 2 aromatic carbocycles. The Morgan fingerprint density at radius 3 is 2.37 bits per heavy atom. The molecule has 5 heteroatoms. The zero-order valence-electron chi connectivity index (χ0n) is 18.3. The van der Waals surface area contributed by atoms with Gasteiger partial charge in [0.05, 0.1) is 6.61 Å². The minimum absolute atomic E-state index is 0.154. The van der Waals surface area contributed by atoms with Crippen molar-refractivity contribution in [3.8, 4) is 5.75 Å². The first-order valence-electron chi connectivity index (χ1n) is 10.2. The Morgan fingerprint density at radius 2 is 1.70 bits per heavy atom. The Labute approximate surface area is 176 Å². The molecule has 0 aliphatic carbocycles. The number of carbonyl (C=O) groups is 1. The molecular weight excluding hydrogens is 380 g/mol. The van der Waals surface area contributed by atoms with Crippen LogP contribution in [0.25, 0.3) is 11.0 Å². The summed E-state index contributed by atoms with van der Waals surface area (Å²) in [6.07, 6.45) is 0.452. The number of rotatable bonds is 7. The van der Waals surface area contributed by atoms with Crippen LogP contribution in [0.3, 0.4) is 0 Å². The summed E-state index contributed by atoms with van der Waals surface area (Å²) in [5.41, 5.74) is 5.72. The van der Waals surface area contributed by atoms with E-state index in [1.807, 2.05) is 26.0 Å². The summed E-state index contributed by atoms with van der Waals surface area (Å²) in [6.45, 7) is 10.4. The molecule has 0 saturated carbocycles. The van der Waals surface area contributed by atoms with Gasteiger partial charge in [-0.3, -0.25) is 4.79 Å². The summed E-state index contributed by atoms with van der Waals surface area (Å²) in [7, 11) is 0. The first kappa shape index (κ1) is 21.6. The first-order chi connectivity index (χ1) is 14.3. The number of hydrogen-bond donors (Lipinski definition) is 0. The van der Waals surface area contributed by atoms with E-state index in [0.29, 0.717) is 36.5 Å². The molecule has 3 rings (SSSR count). The summed E-state index contributed by atoms with van der Waals surface area (Å²) < 4.78 is 16.6. The molecule has 0 saturated heterocycles. The third-order valence-corrected chi connectivity index (χ3v) is 5.21. The van der Waals surface area contributed by atoms with Crippen molar-refractivity contribution in [2.75, 3.05) is 6.61 Å². The number of benzene rings is 2. The molecule has 0 aliphatic heterocycles. The van der Waals surface area contributed by atoms with Crippen LogP contribution in [0.2, 0.25) is 0 Å². The molecule has 3 aromatic rings. The van der Waals surface area contributed by atoms with Gasteiger partial charge in [0.2, 0.25) is 0 Å². The summed E-state index contributed by atoms with van der Waals surface area (Å²) in [6, 6.07) is 10.1. The second-order valence-electron chi connectivity index (χ2n) is 7.65. The van der Waals surface area contributed by atoms with Crippen molar-refractivity contribution in [2.45, 2.75) is 54.1 Å². The normalized spacial score (nSPS) is 11.0. The largest absolute Gasteiger partial charge is 0.488 e. The number of ether oxygens (including phenoxy) is 2. The number of carbonyl (C=O) groups excluding carboxylic acids is 1. The first-order valence-corrected chi connectivity index (χ1v) is 10.2. The molecule has 0 N–H and O–H groups in total. The van der Waals surface area contributed by atoms with Gasteiger partial charge in [-0.15, -0.1) is 0 Å². The lowest BCUT2D eigenvalue weighted by molar-refractivity contribution is -0.143. The molecule has 0 radical (unpaired) electrons. The van der Waals surface area contributed by atoms with Gasteiger partial charge in [0.1, 0.15) is 17.9 Å². The summed E-state index contributed by atoms with van der Waals surface area (Å²) in [5.74, 6) is 0.367. The van der Waals surface area contributed by atoms with Crippen molar-refractivity contribution in [1.82, 2.24) is 0 Å². The summed E-state index contributed by atoms with van der Waals surface area (Å²) in [4.78, 5) is 24.2. The van der Waals surface area contributed by atoms with Crippen molar-refractivity contribution >= 4 is 16.9 Å². The zero-order valence-corrected chi connectivity index (χ0v) is 18.3. The van der Waals surface area contributed by atoms with Crippen molar-refractivity contribution in [2.24, 2.45) is 0 Å². The van der Waals surface area contributed by atoms with Gasteiger partial charge in [-0.2, -0.15) is 0 Å². The molecule has 0 bridgehead atoms.